The quantitative estimate of drug-likeness (QED) is 0.746. The summed E-state index contributed by atoms with van der Waals surface area (Å²) in [6.45, 7) is 5.09. The molecule has 2 aromatic rings. The van der Waals surface area contributed by atoms with Crippen LogP contribution in [0.5, 0.6) is 5.88 Å². The average Bonchev–Trinajstić information content (AvgIpc) is 3.12. The number of nitrogens with one attached hydrogen (secondary N) is 1. The van der Waals surface area contributed by atoms with Crippen LogP contribution in [0.1, 0.15) is 31.9 Å². The van der Waals surface area contributed by atoms with E-state index in [9.17, 15) is 4.79 Å². The monoisotopic (exact) mass is 415 g/mol. The average molecular weight is 416 g/mol. The lowest BCUT2D eigenvalue weighted by molar-refractivity contribution is 0.0161. The van der Waals surface area contributed by atoms with Gasteiger partial charge in [0.05, 0.1) is 20.2 Å². The Morgan fingerprint density at radius 2 is 2.10 bits per heavy atom. The lowest BCUT2D eigenvalue weighted by atomic mass is 9.96. The highest BCUT2D eigenvalue weighted by Crippen LogP contribution is 2.28. The van der Waals surface area contributed by atoms with Crippen LogP contribution in [-0.2, 0) is 4.74 Å². The van der Waals surface area contributed by atoms with E-state index < -0.39 is 0 Å². The molecule has 0 saturated carbocycles. The Hall–Kier alpha value is -2.68. The van der Waals surface area contributed by atoms with E-state index in [0.29, 0.717) is 30.8 Å². The summed E-state index contributed by atoms with van der Waals surface area (Å²) >= 11 is 1.51. The van der Waals surface area contributed by atoms with Crippen LogP contribution in [-0.4, -0.2) is 58.3 Å². The van der Waals surface area contributed by atoms with E-state index in [1.54, 1.807) is 4.90 Å². The normalized spacial score (nSPS) is 19.3. The number of rotatable bonds is 5. The van der Waals surface area contributed by atoms with Gasteiger partial charge in [-0.15, -0.1) is 11.3 Å². The van der Waals surface area contributed by atoms with Crippen LogP contribution in [0.25, 0.3) is 10.8 Å². The summed E-state index contributed by atoms with van der Waals surface area (Å²) < 4.78 is 10.7. The number of carbonyl (C=O) groups is 1. The summed E-state index contributed by atoms with van der Waals surface area (Å²) in [5.41, 5.74) is 2.38. The number of carbonyl (C=O) groups excluding carboxylic acids is 1. The fourth-order valence-corrected chi connectivity index (χ4v) is 4.11. The van der Waals surface area contributed by atoms with Gasteiger partial charge in [-0.1, -0.05) is 11.6 Å². The maximum atomic E-state index is 11.5. The maximum absolute atomic E-state index is 11.5. The highest BCUT2D eigenvalue weighted by molar-refractivity contribution is 7.13. The summed E-state index contributed by atoms with van der Waals surface area (Å²) in [4.78, 5) is 26.9. The minimum absolute atomic E-state index is 0.108. The van der Waals surface area contributed by atoms with Crippen LogP contribution in [0, 0.1) is 6.92 Å². The molecule has 1 saturated heterocycles. The first kappa shape index (κ1) is 19.6. The van der Waals surface area contributed by atoms with Gasteiger partial charge in [0.2, 0.25) is 5.88 Å². The first-order valence-corrected chi connectivity index (χ1v) is 10.6. The number of nitrogens with zero attached hydrogens (tertiary/aromatic N) is 4. The fraction of sp³-hybridized carbons (Fsp3) is 0.500. The van der Waals surface area contributed by atoms with Gasteiger partial charge in [0, 0.05) is 23.2 Å². The largest absolute Gasteiger partial charge is 0.470 e. The number of hydrogen-bond acceptors (Lipinski definition) is 8. The van der Waals surface area contributed by atoms with E-state index in [4.69, 9.17) is 9.47 Å². The van der Waals surface area contributed by atoms with Gasteiger partial charge < -0.3 is 19.7 Å². The van der Waals surface area contributed by atoms with Crippen molar-refractivity contribution in [2.24, 2.45) is 0 Å². The number of ether oxygens (including phenoxy) is 2. The molecule has 0 bridgehead atoms. The third kappa shape index (κ3) is 4.67. The van der Waals surface area contributed by atoms with Crippen molar-refractivity contribution in [2.45, 2.75) is 45.3 Å². The van der Waals surface area contributed by atoms with Crippen LogP contribution in [0.3, 0.4) is 0 Å². The van der Waals surface area contributed by atoms with E-state index in [1.165, 1.54) is 24.0 Å². The van der Waals surface area contributed by atoms with Crippen molar-refractivity contribution >= 4 is 23.2 Å². The number of hydrogen-bond donors (Lipinski definition) is 1. The zero-order valence-corrected chi connectivity index (χ0v) is 17.7. The second-order valence-corrected chi connectivity index (χ2v) is 8.35. The zero-order chi connectivity index (χ0) is 20.4. The van der Waals surface area contributed by atoms with E-state index in [1.807, 2.05) is 18.4 Å². The predicted molar refractivity (Wildman–Crippen MR) is 111 cm³/mol. The third-order valence-electron chi connectivity index (χ3n) is 5.07. The molecule has 2 aliphatic rings. The number of methoxy groups -OCH3 is 1. The van der Waals surface area contributed by atoms with Crippen molar-refractivity contribution < 1.29 is 14.3 Å². The van der Waals surface area contributed by atoms with Crippen molar-refractivity contribution in [3.8, 4) is 16.7 Å². The molecule has 154 valence electrons. The second-order valence-electron chi connectivity index (χ2n) is 7.49. The molecular formula is C20H25N5O3S. The molecule has 1 aliphatic heterocycles. The number of likely N-dealkylation sites (tertiary alicyclic amines) is 1. The second kappa shape index (κ2) is 8.36. The van der Waals surface area contributed by atoms with E-state index in [0.717, 1.165) is 35.8 Å². The Balaban J connectivity index is 1.51. The van der Waals surface area contributed by atoms with E-state index in [-0.39, 0.29) is 12.2 Å². The Labute approximate surface area is 174 Å². The van der Waals surface area contributed by atoms with Gasteiger partial charge in [0.1, 0.15) is 11.9 Å². The lowest BCUT2D eigenvalue weighted by Gasteiger charge is -2.37. The standard InChI is InChI=1S/C20H25N5O3S/c1-12-4-6-14(7-5-12)22-16-8-17(28-15-9-25(10-15)20(26)27-3)24-18(23-16)19-21-13(2)11-29-19/h4,8,11,14-15H,5-7,9-10H2,1-3H3,(H,22,23,24). The van der Waals surface area contributed by atoms with Crippen LogP contribution in [0.4, 0.5) is 10.6 Å². The molecule has 0 spiro atoms. The zero-order valence-electron chi connectivity index (χ0n) is 16.8. The first-order valence-electron chi connectivity index (χ1n) is 9.73. The molecule has 1 atom stereocenters. The van der Waals surface area contributed by atoms with Gasteiger partial charge in [-0.25, -0.2) is 14.8 Å². The highest BCUT2D eigenvalue weighted by Gasteiger charge is 2.33. The highest BCUT2D eigenvalue weighted by atomic mass is 32.1. The minimum Gasteiger partial charge on any atom is -0.470 e. The molecule has 1 fully saturated rings. The Kier molecular flexibility index (Phi) is 5.66. The predicted octanol–water partition coefficient (Wildman–Crippen LogP) is 3.65. The SMILES string of the molecule is COC(=O)N1CC(Oc2cc(NC3CC=C(C)CC3)nc(-c3nc(C)cs3)n2)C1. The summed E-state index contributed by atoms with van der Waals surface area (Å²) in [5.74, 6) is 1.78. The molecule has 2 aromatic heterocycles. The van der Waals surface area contributed by atoms with Gasteiger partial charge in [-0.2, -0.15) is 4.98 Å². The molecular weight excluding hydrogens is 390 g/mol. The summed E-state index contributed by atoms with van der Waals surface area (Å²) in [5, 5.41) is 6.27. The molecule has 1 unspecified atom stereocenters. The van der Waals surface area contributed by atoms with E-state index in [2.05, 4.69) is 33.3 Å². The Morgan fingerprint density at radius 3 is 2.76 bits per heavy atom. The topological polar surface area (TPSA) is 89.5 Å². The fourth-order valence-electron chi connectivity index (χ4n) is 3.38. The molecule has 1 aliphatic carbocycles. The number of allylic oxidation sites excluding steroid dienone is 1. The molecule has 29 heavy (non-hydrogen) atoms. The van der Waals surface area contributed by atoms with Gasteiger partial charge in [-0.05, 0) is 33.1 Å². The Bertz CT molecular complexity index is 923. The maximum Gasteiger partial charge on any atom is 0.409 e. The molecule has 0 radical (unpaired) electrons. The van der Waals surface area contributed by atoms with Crippen LogP contribution in [0.15, 0.2) is 23.1 Å². The van der Waals surface area contributed by atoms with Crippen molar-refractivity contribution in [3.63, 3.8) is 0 Å². The molecule has 9 heteroatoms. The Morgan fingerprint density at radius 1 is 1.28 bits per heavy atom. The third-order valence-corrected chi connectivity index (χ3v) is 6.03. The molecule has 0 aromatic carbocycles. The van der Waals surface area contributed by atoms with Crippen molar-refractivity contribution in [1.29, 1.82) is 0 Å². The smallest absolute Gasteiger partial charge is 0.409 e. The van der Waals surface area contributed by atoms with Crippen molar-refractivity contribution in [2.75, 3.05) is 25.5 Å². The molecule has 8 nitrogen and oxygen atoms in total. The van der Waals surface area contributed by atoms with Gasteiger partial charge >= 0.3 is 6.09 Å². The number of aromatic nitrogens is 3. The lowest BCUT2D eigenvalue weighted by Crippen LogP contribution is -2.56. The number of anilines is 1. The first-order chi connectivity index (χ1) is 14.0. The summed E-state index contributed by atoms with van der Waals surface area (Å²) in [6.07, 6.45) is 4.98. The van der Waals surface area contributed by atoms with E-state index >= 15 is 0 Å². The number of aryl methyl sites for hydroxylation is 1. The summed E-state index contributed by atoms with van der Waals surface area (Å²) in [6, 6.07) is 2.17. The molecule has 3 heterocycles. The molecule has 1 amide bonds. The number of thiazole rings is 1. The van der Waals surface area contributed by atoms with Crippen LogP contribution < -0.4 is 10.1 Å². The van der Waals surface area contributed by atoms with Crippen molar-refractivity contribution in [1.82, 2.24) is 19.9 Å². The van der Waals surface area contributed by atoms with Gasteiger partial charge in [0.15, 0.2) is 10.8 Å². The molecule has 4 rings (SSSR count). The summed E-state index contributed by atoms with van der Waals surface area (Å²) in [7, 11) is 1.38. The molecule has 1 N–H and O–H groups in total. The van der Waals surface area contributed by atoms with Crippen LogP contribution >= 0.6 is 11.3 Å². The van der Waals surface area contributed by atoms with Gasteiger partial charge in [-0.3, -0.25) is 0 Å². The van der Waals surface area contributed by atoms with Gasteiger partial charge in [0.25, 0.3) is 0 Å². The number of amides is 1. The van der Waals surface area contributed by atoms with Crippen LogP contribution in [0.2, 0.25) is 0 Å². The van der Waals surface area contributed by atoms with Crippen molar-refractivity contribution in [3.05, 3.63) is 28.8 Å². The minimum atomic E-state index is -0.338.